The van der Waals surface area contributed by atoms with Crippen molar-refractivity contribution in [2.45, 2.75) is 38.8 Å². The summed E-state index contributed by atoms with van der Waals surface area (Å²) in [5.74, 6) is -0.506. The summed E-state index contributed by atoms with van der Waals surface area (Å²) in [4.78, 5) is 25.6. The Morgan fingerprint density at radius 1 is 1.03 bits per heavy atom. The van der Waals surface area contributed by atoms with Crippen molar-refractivity contribution in [2.75, 3.05) is 18.9 Å². The number of likely N-dealkylation sites (N-methyl/N-ethyl adjacent to an activating group) is 1. The second-order valence-corrected chi connectivity index (χ2v) is 7.24. The average molecular weight is 406 g/mol. The van der Waals surface area contributed by atoms with Crippen molar-refractivity contribution in [2.24, 2.45) is 0 Å². The van der Waals surface area contributed by atoms with Gasteiger partial charge >= 0.3 is 6.18 Å². The van der Waals surface area contributed by atoms with Gasteiger partial charge in [-0.1, -0.05) is 50.2 Å². The van der Waals surface area contributed by atoms with Crippen LogP contribution in [0.3, 0.4) is 0 Å². The number of para-hydroxylation sites is 1. The van der Waals surface area contributed by atoms with E-state index in [0.717, 1.165) is 11.6 Å². The molecule has 0 fully saturated rings. The number of carbonyl (C=O) groups is 2. The standard InChI is InChI=1S/C22H25F3N2O2/c1-15(2)17-11-8-16(9-12-17)10-13-21(29)27(3)14-20(28)26-19-7-5-4-6-18(19)22(23,24)25/h4-9,11-12,15H,10,13-14H2,1-3H3,(H,26,28). The highest BCUT2D eigenvalue weighted by Gasteiger charge is 2.33. The van der Waals surface area contributed by atoms with Gasteiger partial charge in [-0.25, -0.2) is 0 Å². The van der Waals surface area contributed by atoms with Crippen LogP contribution in [0, 0.1) is 0 Å². The molecule has 2 aromatic rings. The van der Waals surface area contributed by atoms with Gasteiger partial charge in [0.1, 0.15) is 0 Å². The Hall–Kier alpha value is -2.83. The predicted molar refractivity (Wildman–Crippen MR) is 107 cm³/mol. The molecular weight excluding hydrogens is 381 g/mol. The van der Waals surface area contributed by atoms with Gasteiger partial charge in [0.15, 0.2) is 0 Å². The first-order valence-electron chi connectivity index (χ1n) is 9.36. The fraction of sp³-hybridized carbons (Fsp3) is 0.364. The van der Waals surface area contributed by atoms with Crippen LogP contribution in [0.5, 0.6) is 0 Å². The lowest BCUT2D eigenvalue weighted by Crippen LogP contribution is -2.35. The number of anilines is 1. The Morgan fingerprint density at radius 2 is 1.66 bits per heavy atom. The smallest absolute Gasteiger partial charge is 0.336 e. The van der Waals surface area contributed by atoms with Crippen LogP contribution in [0.2, 0.25) is 0 Å². The van der Waals surface area contributed by atoms with Crippen LogP contribution in [0.1, 0.15) is 42.9 Å². The number of aryl methyl sites for hydroxylation is 1. The van der Waals surface area contributed by atoms with E-state index in [4.69, 9.17) is 0 Å². The molecule has 156 valence electrons. The van der Waals surface area contributed by atoms with Gasteiger partial charge in [-0.3, -0.25) is 9.59 Å². The Bertz CT molecular complexity index is 846. The molecule has 2 rings (SSSR count). The van der Waals surface area contributed by atoms with Crippen LogP contribution in [0.25, 0.3) is 0 Å². The van der Waals surface area contributed by atoms with Crippen LogP contribution in [-0.4, -0.2) is 30.3 Å². The van der Waals surface area contributed by atoms with Gasteiger partial charge in [0.05, 0.1) is 17.8 Å². The van der Waals surface area contributed by atoms with Crippen molar-refractivity contribution in [3.05, 3.63) is 65.2 Å². The molecule has 7 heteroatoms. The Kier molecular flexibility index (Phi) is 7.42. The van der Waals surface area contributed by atoms with Crippen LogP contribution in [0.15, 0.2) is 48.5 Å². The number of hydrogen-bond donors (Lipinski definition) is 1. The summed E-state index contributed by atoms with van der Waals surface area (Å²) in [7, 11) is 1.46. The topological polar surface area (TPSA) is 49.4 Å². The first kappa shape index (κ1) is 22.5. The van der Waals surface area contributed by atoms with Gasteiger partial charge < -0.3 is 10.2 Å². The highest BCUT2D eigenvalue weighted by Crippen LogP contribution is 2.34. The number of halogens is 3. The number of nitrogens with one attached hydrogen (secondary N) is 1. The van der Waals surface area contributed by atoms with E-state index in [0.29, 0.717) is 12.3 Å². The molecule has 4 nitrogen and oxygen atoms in total. The van der Waals surface area contributed by atoms with Crippen LogP contribution < -0.4 is 5.32 Å². The van der Waals surface area contributed by atoms with E-state index in [1.807, 2.05) is 24.3 Å². The number of nitrogens with zero attached hydrogens (tertiary/aromatic N) is 1. The van der Waals surface area contributed by atoms with Crippen LogP contribution >= 0.6 is 0 Å². The molecule has 0 bridgehead atoms. The molecule has 0 unspecified atom stereocenters. The molecule has 0 saturated carbocycles. The van der Waals surface area contributed by atoms with Crippen molar-refractivity contribution in [3.8, 4) is 0 Å². The van der Waals surface area contributed by atoms with Gasteiger partial charge in [-0.2, -0.15) is 13.2 Å². The molecule has 0 aliphatic rings. The summed E-state index contributed by atoms with van der Waals surface area (Å²) < 4.78 is 39.0. The number of hydrogen-bond acceptors (Lipinski definition) is 2. The van der Waals surface area contributed by atoms with E-state index in [-0.39, 0.29) is 24.6 Å². The maximum absolute atomic E-state index is 13.0. The number of rotatable bonds is 7. The van der Waals surface area contributed by atoms with Gasteiger partial charge in [0, 0.05) is 13.5 Å². The van der Waals surface area contributed by atoms with Crippen molar-refractivity contribution < 1.29 is 22.8 Å². The van der Waals surface area contributed by atoms with E-state index in [1.54, 1.807) is 0 Å². The van der Waals surface area contributed by atoms with Crippen LogP contribution in [-0.2, 0) is 22.2 Å². The Morgan fingerprint density at radius 3 is 2.24 bits per heavy atom. The minimum Gasteiger partial charge on any atom is -0.336 e. The zero-order chi connectivity index (χ0) is 21.6. The zero-order valence-electron chi connectivity index (χ0n) is 16.7. The molecule has 0 atom stereocenters. The summed E-state index contributed by atoms with van der Waals surface area (Å²) in [6, 6.07) is 12.7. The lowest BCUT2D eigenvalue weighted by molar-refractivity contribution is -0.137. The molecule has 0 radical (unpaired) electrons. The van der Waals surface area contributed by atoms with Crippen LogP contribution in [0.4, 0.5) is 18.9 Å². The van der Waals surface area contributed by atoms with Crippen molar-refractivity contribution in [1.82, 2.24) is 4.90 Å². The third-order valence-electron chi connectivity index (χ3n) is 4.59. The Labute approximate surface area is 168 Å². The molecule has 0 spiro atoms. The normalized spacial score (nSPS) is 11.4. The molecule has 1 N–H and O–H groups in total. The fourth-order valence-electron chi connectivity index (χ4n) is 2.84. The number of amides is 2. The monoisotopic (exact) mass is 406 g/mol. The molecule has 2 amide bonds. The van der Waals surface area contributed by atoms with Gasteiger partial charge in [-0.05, 0) is 35.6 Å². The number of benzene rings is 2. The molecule has 0 aliphatic carbocycles. The molecule has 0 aromatic heterocycles. The number of carbonyl (C=O) groups excluding carboxylic acids is 2. The van der Waals surface area contributed by atoms with Gasteiger partial charge in [0.2, 0.25) is 11.8 Å². The quantitative estimate of drug-likeness (QED) is 0.714. The highest BCUT2D eigenvalue weighted by atomic mass is 19.4. The van der Waals surface area contributed by atoms with Gasteiger partial charge in [-0.15, -0.1) is 0 Å². The SMILES string of the molecule is CC(C)c1ccc(CCC(=O)N(C)CC(=O)Nc2ccccc2C(F)(F)F)cc1. The summed E-state index contributed by atoms with van der Waals surface area (Å²) in [5.41, 5.74) is 0.982. The third kappa shape index (κ3) is 6.62. The maximum atomic E-state index is 13.0. The molecule has 29 heavy (non-hydrogen) atoms. The average Bonchev–Trinajstić information content (AvgIpc) is 2.65. The largest absolute Gasteiger partial charge is 0.418 e. The van der Waals surface area contributed by atoms with Crippen molar-refractivity contribution >= 4 is 17.5 Å². The fourth-order valence-corrected chi connectivity index (χ4v) is 2.84. The van der Waals surface area contributed by atoms with Crippen molar-refractivity contribution in [1.29, 1.82) is 0 Å². The minimum atomic E-state index is -4.57. The summed E-state index contributed by atoms with van der Waals surface area (Å²) >= 11 is 0. The second kappa shape index (κ2) is 9.58. The maximum Gasteiger partial charge on any atom is 0.418 e. The third-order valence-corrected chi connectivity index (χ3v) is 4.59. The molecule has 0 heterocycles. The highest BCUT2D eigenvalue weighted by molar-refractivity contribution is 5.95. The first-order valence-corrected chi connectivity index (χ1v) is 9.36. The predicted octanol–water partition coefficient (Wildman–Crippen LogP) is 4.86. The van der Waals surface area contributed by atoms with E-state index in [1.165, 1.54) is 35.7 Å². The summed E-state index contributed by atoms with van der Waals surface area (Å²) in [5, 5.41) is 2.24. The molecular formula is C22H25F3N2O2. The van der Waals surface area contributed by atoms with E-state index in [2.05, 4.69) is 19.2 Å². The molecule has 2 aromatic carbocycles. The number of alkyl halides is 3. The van der Waals surface area contributed by atoms with Crippen molar-refractivity contribution in [3.63, 3.8) is 0 Å². The van der Waals surface area contributed by atoms with E-state index in [9.17, 15) is 22.8 Å². The second-order valence-electron chi connectivity index (χ2n) is 7.24. The van der Waals surface area contributed by atoms with Gasteiger partial charge in [0.25, 0.3) is 0 Å². The Balaban J connectivity index is 1.88. The minimum absolute atomic E-state index is 0.212. The zero-order valence-corrected chi connectivity index (χ0v) is 16.7. The lowest BCUT2D eigenvalue weighted by atomic mass is 10.0. The molecule has 0 saturated heterocycles. The summed E-state index contributed by atoms with van der Waals surface area (Å²) in [6.07, 6.45) is -3.83. The summed E-state index contributed by atoms with van der Waals surface area (Å²) in [6.45, 7) is 3.88. The molecule has 0 aliphatic heterocycles. The lowest BCUT2D eigenvalue weighted by Gasteiger charge is -2.18. The van der Waals surface area contributed by atoms with E-state index < -0.39 is 17.6 Å². The first-order chi connectivity index (χ1) is 13.6. The van der Waals surface area contributed by atoms with E-state index >= 15 is 0 Å².